The lowest BCUT2D eigenvalue weighted by Gasteiger charge is -2.17. The van der Waals surface area contributed by atoms with Gasteiger partial charge in [-0.2, -0.15) is 5.10 Å². The van der Waals surface area contributed by atoms with E-state index in [-0.39, 0.29) is 24.6 Å². The summed E-state index contributed by atoms with van der Waals surface area (Å²) in [7, 11) is 0. The van der Waals surface area contributed by atoms with Crippen LogP contribution in [-0.4, -0.2) is 21.3 Å². The highest BCUT2D eigenvalue weighted by Crippen LogP contribution is 2.16. The van der Waals surface area contributed by atoms with E-state index >= 15 is 0 Å². The fourth-order valence-corrected chi connectivity index (χ4v) is 1.32. The normalized spacial score (nSPS) is 13.7. The van der Waals surface area contributed by atoms with E-state index < -0.39 is 11.9 Å². The molecule has 0 spiro atoms. The Kier molecular flexibility index (Phi) is 6.80. The Morgan fingerprint density at radius 2 is 2.33 bits per heavy atom. The molecule has 0 aliphatic heterocycles. The first-order chi connectivity index (χ1) is 7.06. The van der Waals surface area contributed by atoms with E-state index in [4.69, 9.17) is 16.8 Å². The van der Waals surface area contributed by atoms with Gasteiger partial charge in [-0.05, 0) is 6.42 Å². The molecule has 0 aliphatic rings. The molecule has 0 aromatic carbocycles. The quantitative estimate of drug-likeness (QED) is 0.208. The van der Waals surface area contributed by atoms with Crippen LogP contribution in [0.1, 0.15) is 26.2 Å². The first kappa shape index (κ1) is 14.0. The number of hydrogen-bond donors (Lipinski definition) is 3. The number of aliphatic carboxylic acids is 1. The number of hydrazone groups is 1. The monoisotopic (exact) mass is 238 g/mol. The zero-order valence-electron chi connectivity index (χ0n) is 8.39. The summed E-state index contributed by atoms with van der Waals surface area (Å²) in [5.41, 5.74) is 0. The maximum absolute atomic E-state index is 12.1. The van der Waals surface area contributed by atoms with Crippen LogP contribution in [0.5, 0.6) is 0 Å². The summed E-state index contributed by atoms with van der Waals surface area (Å²) >= 11 is -0.263. The van der Waals surface area contributed by atoms with Crippen LogP contribution in [0.4, 0.5) is 3.89 Å². The SMILES string of the molecule is CCC[C@@H](C/C(=N/N)N(N)SF)C(=O)O. The van der Waals surface area contributed by atoms with Crippen LogP contribution >= 0.6 is 12.3 Å². The minimum Gasteiger partial charge on any atom is -0.481 e. The van der Waals surface area contributed by atoms with Crippen LogP contribution in [0.25, 0.3) is 0 Å². The number of nitrogens with zero attached hydrogens (tertiary/aromatic N) is 2. The summed E-state index contributed by atoms with van der Waals surface area (Å²) in [5, 5.41) is 12.1. The lowest BCUT2D eigenvalue weighted by Crippen LogP contribution is -2.34. The van der Waals surface area contributed by atoms with Crippen molar-refractivity contribution in [3.8, 4) is 0 Å². The number of hydrazine groups is 1. The number of carboxylic acids is 1. The molecule has 0 aromatic rings. The van der Waals surface area contributed by atoms with E-state index in [0.29, 0.717) is 17.3 Å². The van der Waals surface area contributed by atoms with Gasteiger partial charge in [-0.15, -0.1) is 3.89 Å². The molecule has 0 aromatic heterocycles. The lowest BCUT2D eigenvalue weighted by molar-refractivity contribution is -0.141. The van der Waals surface area contributed by atoms with Gasteiger partial charge in [-0.25, -0.2) is 10.3 Å². The molecule has 1 atom stereocenters. The predicted molar refractivity (Wildman–Crippen MR) is 57.0 cm³/mol. The van der Waals surface area contributed by atoms with E-state index in [2.05, 4.69) is 5.10 Å². The largest absolute Gasteiger partial charge is 0.481 e. The molecule has 0 rings (SSSR count). The number of rotatable bonds is 6. The second-order valence-electron chi connectivity index (χ2n) is 2.97. The summed E-state index contributed by atoms with van der Waals surface area (Å²) in [5.74, 6) is 8.59. The molecular formula is C7H15FN4O2S. The highest BCUT2D eigenvalue weighted by molar-refractivity contribution is 7.92. The van der Waals surface area contributed by atoms with Gasteiger partial charge < -0.3 is 10.9 Å². The third kappa shape index (κ3) is 4.84. The standard InChI is InChI=1S/C7H15FN4O2S/c1-2-3-5(7(13)14)4-6(11-9)12(10)15-8/h5H,2-4,9-10H2,1H3,(H,13,14)/b11-6-/t5-/m0/s1. The lowest BCUT2D eigenvalue weighted by atomic mass is 10.00. The van der Waals surface area contributed by atoms with Crippen LogP contribution in [0.15, 0.2) is 5.10 Å². The number of amidine groups is 1. The molecule has 0 saturated heterocycles. The van der Waals surface area contributed by atoms with Crippen molar-refractivity contribution in [1.29, 1.82) is 0 Å². The van der Waals surface area contributed by atoms with Gasteiger partial charge in [0.15, 0.2) is 18.2 Å². The highest BCUT2D eigenvalue weighted by Gasteiger charge is 2.21. The minimum atomic E-state index is -0.963. The van der Waals surface area contributed by atoms with E-state index in [9.17, 15) is 8.68 Å². The Morgan fingerprint density at radius 1 is 1.73 bits per heavy atom. The van der Waals surface area contributed by atoms with Gasteiger partial charge in [0, 0.05) is 6.42 Å². The van der Waals surface area contributed by atoms with Crippen molar-refractivity contribution in [1.82, 2.24) is 4.41 Å². The van der Waals surface area contributed by atoms with Crippen molar-refractivity contribution >= 4 is 24.1 Å². The fourth-order valence-electron chi connectivity index (χ4n) is 1.12. The number of carboxylic acid groups (broad SMARTS) is 1. The first-order valence-corrected chi connectivity index (χ1v) is 5.07. The van der Waals surface area contributed by atoms with E-state index in [1.807, 2.05) is 6.92 Å². The number of halogens is 1. The van der Waals surface area contributed by atoms with Gasteiger partial charge in [0.25, 0.3) is 0 Å². The molecule has 0 fully saturated rings. The van der Waals surface area contributed by atoms with E-state index in [1.54, 1.807) is 0 Å². The number of carbonyl (C=O) groups is 1. The molecule has 0 unspecified atom stereocenters. The Labute approximate surface area is 91.9 Å². The van der Waals surface area contributed by atoms with Crippen LogP contribution in [-0.2, 0) is 4.79 Å². The molecule has 0 amide bonds. The minimum absolute atomic E-state index is 0.0170. The van der Waals surface area contributed by atoms with Crippen LogP contribution < -0.4 is 11.7 Å². The van der Waals surface area contributed by atoms with Crippen LogP contribution in [0.2, 0.25) is 0 Å². The van der Waals surface area contributed by atoms with Crippen molar-refractivity contribution in [2.75, 3.05) is 0 Å². The molecule has 88 valence electrons. The molecule has 0 saturated carbocycles. The highest BCUT2D eigenvalue weighted by atomic mass is 32.2. The topological polar surface area (TPSA) is 105 Å². The van der Waals surface area contributed by atoms with E-state index in [1.165, 1.54) is 0 Å². The number of nitrogens with two attached hydrogens (primary N) is 2. The van der Waals surface area contributed by atoms with Gasteiger partial charge in [0.1, 0.15) is 0 Å². The first-order valence-electron chi connectivity index (χ1n) is 4.39. The smallest absolute Gasteiger partial charge is 0.306 e. The Hall–Kier alpha value is -1.02. The van der Waals surface area contributed by atoms with Crippen molar-refractivity contribution in [2.45, 2.75) is 26.2 Å². The zero-order valence-corrected chi connectivity index (χ0v) is 9.21. The third-order valence-electron chi connectivity index (χ3n) is 1.89. The van der Waals surface area contributed by atoms with Crippen LogP contribution in [0, 0.1) is 5.92 Å². The fraction of sp³-hybridized carbons (Fsp3) is 0.714. The molecule has 0 radical (unpaired) electrons. The molecule has 8 heteroatoms. The molecule has 5 N–H and O–H groups in total. The summed E-state index contributed by atoms with van der Waals surface area (Å²) in [6.45, 7) is 1.86. The van der Waals surface area contributed by atoms with E-state index in [0.717, 1.165) is 0 Å². The molecule has 15 heavy (non-hydrogen) atoms. The second kappa shape index (κ2) is 7.30. The maximum atomic E-state index is 12.1. The Bertz CT molecular complexity index is 239. The molecule has 6 nitrogen and oxygen atoms in total. The zero-order chi connectivity index (χ0) is 11.8. The van der Waals surface area contributed by atoms with Crippen molar-refractivity contribution in [2.24, 2.45) is 22.7 Å². The van der Waals surface area contributed by atoms with Gasteiger partial charge >= 0.3 is 5.97 Å². The molecule has 0 heterocycles. The predicted octanol–water partition coefficient (Wildman–Crippen LogP) is 0.858. The van der Waals surface area contributed by atoms with Crippen molar-refractivity contribution < 1.29 is 13.8 Å². The maximum Gasteiger partial charge on any atom is 0.306 e. The molecular weight excluding hydrogens is 223 g/mol. The molecule has 0 aliphatic carbocycles. The van der Waals surface area contributed by atoms with Crippen molar-refractivity contribution in [3.05, 3.63) is 0 Å². The van der Waals surface area contributed by atoms with Gasteiger partial charge in [0.05, 0.1) is 5.92 Å². The third-order valence-corrected chi connectivity index (χ3v) is 2.25. The summed E-state index contributed by atoms with van der Waals surface area (Å²) in [6, 6.07) is 0. The Morgan fingerprint density at radius 3 is 2.67 bits per heavy atom. The van der Waals surface area contributed by atoms with Gasteiger partial charge in [-0.1, -0.05) is 13.3 Å². The Balaban J connectivity index is 4.43. The average Bonchev–Trinajstić information content (AvgIpc) is 2.22. The van der Waals surface area contributed by atoms with Gasteiger partial charge in [0.2, 0.25) is 0 Å². The van der Waals surface area contributed by atoms with Crippen LogP contribution in [0.3, 0.4) is 0 Å². The number of hydrogen-bond acceptors (Lipinski definition) is 5. The average molecular weight is 238 g/mol. The summed E-state index contributed by atoms with van der Waals surface area (Å²) < 4.78 is 12.7. The second-order valence-corrected chi connectivity index (χ2v) is 3.50. The summed E-state index contributed by atoms with van der Waals surface area (Å²) in [4.78, 5) is 10.8. The van der Waals surface area contributed by atoms with Gasteiger partial charge in [-0.3, -0.25) is 4.79 Å². The summed E-state index contributed by atoms with van der Waals surface area (Å²) in [6.07, 6.45) is 1.20. The molecule has 0 bridgehead atoms. The van der Waals surface area contributed by atoms with Crippen molar-refractivity contribution in [3.63, 3.8) is 0 Å².